The van der Waals surface area contributed by atoms with Crippen LogP contribution in [0.3, 0.4) is 0 Å². The van der Waals surface area contributed by atoms with Crippen molar-refractivity contribution in [1.29, 1.82) is 0 Å². The molecule has 0 heterocycles. The molecule has 8 nitrogen and oxygen atoms in total. The van der Waals surface area contributed by atoms with E-state index in [4.69, 9.17) is 14.2 Å². The number of esters is 2. The van der Waals surface area contributed by atoms with Crippen molar-refractivity contribution < 1.29 is 33.3 Å². The van der Waals surface area contributed by atoms with Crippen molar-refractivity contribution >= 4 is 18.0 Å². The van der Waals surface area contributed by atoms with Gasteiger partial charge in [-0.05, 0) is 45.2 Å². The van der Waals surface area contributed by atoms with Crippen LogP contribution < -0.4 is 10.1 Å². The molecule has 0 spiro atoms. The molecule has 30 heavy (non-hydrogen) atoms. The number of alkyl carbamates (subject to hydrolysis) is 1. The fraction of sp³-hybridized carbons (Fsp3) is 0.500. The van der Waals surface area contributed by atoms with Crippen LogP contribution in [0.15, 0.2) is 24.3 Å². The van der Waals surface area contributed by atoms with Crippen LogP contribution in [0.25, 0.3) is 0 Å². The highest BCUT2D eigenvalue weighted by atomic mass is 16.7. The number of nitrogens with one attached hydrogen (secondary N) is 1. The highest BCUT2D eigenvalue weighted by molar-refractivity contribution is 5.89. The molecule has 1 atom stereocenters. The van der Waals surface area contributed by atoms with Crippen LogP contribution in [0, 0.1) is 17.8 Å². The van der Waals surface area contributed by atoms with Crippen molar-refractivity contribution in [2.24, 2.45) is 5.92 Å². The van der Waals surface area contributed by atoms with Gasteiger partial charge in [0.2, 0.25) is 6.79 Å². The number of hydrogen-bond acceptors (Lipinski definition) is 7. The molecule has 1 rings (SSSR count). The van der Waals surface area contributed by atoms with Gasteiger partial charge in [0.1, 0.15) is 17.4 Å². The summed E-state index contributed by atoms with van der Waals surface area (Å²) in [4.78, 5) is 35.7. The summed E-state index contributed by atoms with van der Waals surface area (Å²) >= 11 is 0. The Morgan fingerprint density at radius 1 is 1.13 bits per heavy atom. The Morgan fingerprint density at radius 3 is 2.40 bits per heavy atom. The number of ether oxygens (including phenoxy) is 4. The van der Waals surface area contributed by atoms with Gasteiger partial charge in [0, 0.05) is 5.92 Å². The average Bonchev–Trinajstić information content (AvgIpc) is 2.64. The largest absolute Gasteiger partial charge is 0.459 e. The average molecular weight is 419 g/mol. The molecule has 8 heteroatoms. The van der Waals surface area contributed by atoms with Crippen molar-refractivity contribution in [2.45, 2.75) is 52.7 Å². The number of para-hydroxylation sites is 1. The van der Waals surface area contributed by atoms with Gasteiger partial charge in [0.15, 0.2) is 0 Å². The summed E-state index contributed by atoms with van der Waals surface area (Å²) in [5.74, 6) is 4.09. The zero-order valence-corrected chi connectivity index (χ0v) is 18.2. The maximum absolute atomic E-state index is 12.4. The van der Waals surface area contributed by atoms with E-state index < -0.39 is 29.7 Å². The number of rotatable bonds is 7. The molecule has 1 aromatic rings. The molecule has 1 aromatic carbocycles. The Bertz CT molecular complexity index is 800. The summed E-state index contributed by atoms with van der Waals surface area (Å²) in [5, 5.41) is 2.54. The van der Waals surface area contributed by atoms with Gasteiger partial charge in [-0.25, -0.2) is 14.4 Å². The van der Waals surface area contributed by atoms with E-state index in [2.05, 4.69) is 21.9 Å². The third-order valence-corrected chi connectivity index (χ3v) is 3.47. The zero-order chi connectivity index (χ0) is 22.7. The molecule has 0 aliphatic heterocycles. The van der Waals surface area contributed by atoms with Gasteiger partial charge in [-0.1, -0.05) is 31.9 Å². The SMILES string of the molecule is COC(=O)C#Cc1ccccc1OCOC(=O)[C@@H](CC(C)C)NC(=O)OC(C)(C)C. The lowest BCUT2D eigenvalue weighted by molar-refractivity contribution is -0.153. The van der Waals surface area contributed by atoms with Gasteiger partial charge < -0.3 is 24.3 Å². The molecule has 0 fully saturated rings. The second-order valence-electron chi connectivity index (χ2n) is 7.79. The summed E-state index contributed by atoms with van der Waals surface area (Å²) in [7, 11) is 1.23. The van der Waals surface area contributed by atoms with Gasteiger partial charge in [0.05, 0.1) is 12.7 Å². The maximum atomic E-state index is 12.4. The first-order valence-corrected chi connectivity index (χ1v) is 9.49. The van der Waals surface area contributed by atoms with Crippen LogP contribution in [0.1, 0.15) is 46.6 Å². The first-order valence-electron chi connectivity index (χ1n) is 9.49. The molecule has 0 radical (unpaired) electrons. The normalized spacial score (nSPS) is 11.6. The summed E-state index contributed by atoms with van der Waals surface area (Å²) in [6.45, 7) is 8.65. The Balaban J connectivity index is 2.73. The zero-order valence-electron chi connectivity index (χ0n) is 18.2. The molecule has 0 saturated heterocycles. The van der Waals surface area contributed by atoms with E-state index >= 15 is 0 Å². The third kappa shape index (κ3) is 9.82. The van der Waals surface area contributed by atoms with E-state index in [0.29, 0.717) is 17.7 Å². The molecular weight excluding hydrogens is 390 g/mol. The summed E-state index contributed by atoms with van der Waals surface area (Å²) in [6, 6.07) is 5.84. The van der Waals surface area contributed by atoms with Crippen molar-refractivity contribution in [1.82, 2.24) is 5.32 Å². The lowest BCUT2D eigenvalue weighted by atomic mass is 10.0. The number of benzene rings is 1. The minimum atomic E-state index is -0.877. The fourth-order valence-corrected chi connectivity index (χ4v) is 2.25. The second kappa shape index (κ2) is 11.7. The van der Waals surface area contributed by atoms with E-state index in [0.717, 1.165) is 0 Å². The van der Waals surface area contributed by atoms with Gasteiger partial charge in [-0.15, -0.1) is 0 Å². The Hall–Kier alpha value is -3.21. The molecule has 1 amide bonds. The highest BCUT2D eigenvalue weighted by Gasteiger charge is 2.26. The fourth-order valence-electron chi connectivity index (χ4n) is 2.25. The molecule has 0 saturated carbocycles. The summed E-state index contributed by atoms with van der Waals surface area (Å²) in [6.07, 6.45) is -0.325. The van der Waals surface area contributed by atoms with Crippen molar-refractivity contribution in [2.75, 3.05) is 13.9 Å². The number of carbonyl (C=O) groups excluding carboxylic acids is 3. The van der Waals surface area contributed by atoms with E-state index in [1.165, 1.54) is 7.11 Å². The van der Waals surface area contributed by atoms with Crippen LogP contribution in [-0.4, -0.2) is 43.6 Å². The van der Waals surface area contributed by atoms with Gasteiger partial charge in [0.25, 0.3) is 0 Å². The van der Waals surface area contributed by atoms with Gasteiger partial charge in [-0.3, -0.25) is 0 Å². The van der Waals surface area contributed by atoms with Crippen molar-refractivity contribution in [3.8, 4) is 17.6 Å². The molecule has 0 bridgehead atoms. The van der Waals surface area contributed by atoms with Crippen molar-refractivity contribution in [3.05, 3.63) is 29.8 Å². The second-order valence-corrected chi connectivity index (χ2v) is 7.79. The maximum Gasteiger partial charge on any atom is 0.408 e. The Kier molecular flexibility index (Phi) is 9.69. The third-order valence-electron chi connectivity index (χ3n) is 3.47. The minimum absolute atomic E-state index is 0.132. The van der Waals surface area contributed by atoms with Gasteiger partial charge in [-0.2, -0.15) is 0 Å². The molecule has 0 aliphatic carbocycles. The van der Waals surface area contributed by atoms with Gasteiger partial charge >= 0.3 is 18.0 Å². The first-order chi connectivity index (χ1) is 14.0. The minimum Gasteiger partial charge on any atom is -0.459 e. The standard InChI is InChI=1S/C22H29NO7/c1-15(2)13-17(23-21(26)30-22(3,4)5)20(25)29-14-28-18-10-8-7-9-16(18)11-12-19(24)27-6/h7-10,15,17H,13-14H2,1-6H3,(H,23,26)/t17-/m1/s1. The van der Waals surface area contributed by atoms with E-state index in [-0.39, 0.29) is 12.7 Å². The Morgan fingerprint density at radius 2 is 1.80 bits per heavy atom. The van der Waals surface area contributed by atoms with E-state index in [1.807, 2.05) is 13.8 Å². The predicted molar refractivity (Wildman–Crippen MR) is 110 cm³/mol. The molecule has 0 aromatic heterocycles. The molecule has 164 valence electrons. The Labute approximate surface area is 177 Å². The topological polar surface area (TPSA) is 100 Å². The first kappa shape index (κ1) is 24.8. The lowest BCUT2D eigenvalue weighted by Crippen LogP contribution is -2.45. The monoisotopic (exact) mass is 419 g/mol. The van der Waals surface area contributed by atoms with Crippen molar-refractivity contribution in [3.63, 3.8) is 0 Å². The van der Waals surface area contributed by atoms with Crippen LogP contribution in [0.4, 0.5) is 4.79 Å². The number of hydrogen-bond donors (Lipinski definition) is 1. The molecule has 1 N–H and O–H groups in total. The number of carbonyl (C=O) groups is 3. The predicted octanol–water partition coefficient (Wildman–Crippen LogP) is 3.03. The van der Waals surface area contributed by atoms with E-state index in [1.54, 1.807) is 45.0 Å². The number of amides is 1. The summed E-state index contributed by atoms with van der Waals surface area (Å²) in [5.41, 5.74) is -0.251. The molecular formula is C22H29NO7. The lowest BCUT2D eigenvalue weighted by Gasteiger charge is -2.23. The smallest absolute Gasteiger partial charge is 0.408 e. The van der Waals surface area contributed by atoms with Crippen LogP contribution in [-0.2, 0) is 23.8 Å². The van der Waals surface area contributed by atoms with E-state index in [9.17, 15) is 14.4 Å². The molecule has 0 unspecified atom stereocenters. The number of methoxy groups -OCH3 is 1. The van der Waals surface area contributed by atoms with Crippen LogP contribution in [0.5, 0.6) is 5.75 Å². The highest BCUT2D eigenvalue weighted by Crippen LogP contribution is 2.17. The van der Waals surface area contributed by atoms with Crippen LogP contribution >= 0.6 is 0 Å². The quantitative estimate of drug-likeness (QED) is 0.314. The molecule has 0 aliphatic rings. The van der Waals surface area contributed by atoms with Crippen LogP contribution in [0.2, 0.25) is 0 Å². The summed E-state index contributed by atoms with van der Waals surface area (Å²) < 4.78 is 20.3.